The Labute approximate surface area is 188 Å². The summed E-state index contributed by atoms with van der Waals surface area (Å²) in [4.78, 5) is 0. The molecule has 172 valence electrons. The first-order valence-corrected chi connectivity index (χ1v) is 11.7. The number of unbranched alkanes of at least 4 members (excludes halogenated alkanes) is 1. The van der Waals surface area contributed by atoms with Gasteiger partial charge in [0.05, 0.1) is 5.54 Å². The second-order valence-corrected chi connectivity index (χ2v) is 9.25. The first kappa shape index (κ1) is 25.3. The highest BCUT2D eigenvalue weighted by Gasteiger charge is 2.31. The van der Waals surface area contributed by atoms with E-state index in [-0.39, 0.29) is 11.0 Å². The second kappa shape index (κ2) is 14.1. The van der Waals surface area contributed by atoms with Gasteiger partial charge in [-0.1, -0.05) is 6.92 Å². The summed E-state index contributed by atoms with van der Waals surface area (Å²) in [5.41, 5.74) is -0.0320. The third-order valence-electron chi connectivity index (χ3n) is 5.64. The molecule has 0 aromatic rings. The fourth-order valence-electron chi connectivity index (χ4n) is 3.87. The van der Waals surface area contributed by atoms with Crippen molar-refractivity contribution >= 4 is 17.3 Å². The van der Waals surface area contributed by atoms with E-state index in [0.717, 1.165) is 97.9 Å². The van der Waals surface area contributed by atoms with Gasteiger partial charge in [0.25, 0.3) is 0 Å². The molecular weight excluding hydrogens is 396 g/mol. The van der Waals surface area contributed by atoms with Crippen molar-refractivity contribution in [2.75, 3.05) is 85.1 Å². The summed E-state index contributed by atoms with van der Waals surface area (Å²) in [7, 11) is 0. The minimum absolute atomic E-state index is 0.191. The molecule has 3 aliphatic heterocycles. The summed E-state index contributed by atoms with van der Waals surface area (Å²) >= 11 is 5.61. The van der Waals surface area contributed by atoms with Gasteiger partial charge in [-0.2, -0.15) is 0 Å². The molecule has 3 heterocycles. The van der Waals surface area contributed by atoms with Crippen LogP contribution in [-0.4, -0.2) is 95.7 Å². The Hall–Kier alpha value is -0.990. The molecule has 0 aromatic carbocycles. The zero-order valence-electron chi connectivity index (χ0n) is 18.6. The summed E-state index contributed by atoms with van der Waals surface area (Å²) < 4.78 is 0. The van der Waals surface area contributed by atoms with Crippen LogP contribution in [0.25, 0.3) is 0 Å². The lowest BCUT2D eigenvalue weighted by Gasteiger charge is -2.38. The Balaban J connectivity index is 2.05. The molecule has 8 N–H and O–H groups in total. The molecule has 0 unspecified atom stereocenters. The van der Waals surface area contributed by atoms with Gasteiger partial charge in [-0.3, -0.25) is 0 Å². The van der Waals surface area contributed by atoms with Crippen LogP contribution >= 0.6 is 12.2 Å². The average molecular weight is 439 g/mol. The van der Waals surface area contributed by atoms with Crippen molar-refractivity contribution in [1.82, 2.24) is 42.5 Å². The molecule has 2 bridgehead atoms. The smallest absolute Gasteiger partial charge is 0.166 e. The lowest BCUT2D eigenvalue weighted by Crippen LogP contribution is -2.67. The molecule has 0 radical (unpaired) electrons. The van der Waals surface area contributed by atoms with E-state index in [1.54, 1.807) is 0 Å². The van der Waals surface area contributed by atoms with Crippen molar-refractivity contribution < 1.29 is 0 Å². The van der Waals surface area contributed by atoms with E-state index in [1.165, 1.54) is 0 Å². The maximum absolute atomic E-state index is 5.61. The predicted octanol–water partition coefficient (Wildman–Crippen LogP) is -1.83. The third kappa shape index (κ3) is 9.88. The summed E-state index contributed by atoms with van der Waals surface area (Å²) in [6.07, 6.45) is 7.02. The Bertz CT molecular complexity index is 492. The van der Waals surface area contributed by atoms with E-state index in [2.05, 4.69) is 55.4 Å². The van der Waals surface area contributed by atoms with Crippen molar-refractivity contribution in [3.8, 4) is 12.3 Å². The highest BCUT2D eigenvalue weighted by molar-refractivity contribution is 7.80. The van der Waals surface area contributed by atoms with Gasteiger partial charge in [0, 0.05) is 96.9 Å². The molecule has 0 amide bonds. The van der Waals surface area contributed by atoms with Gasteiger partial charge in [0.15, 0.2) is 5.11 Å². The van der Waals surface area contributed by atoms with Crippen LogP contribution in [0.15, 0.2) is 0 Å². The van der Waals surface area contributed by atoms with E-state index in [1.807, 2.05) is 0 Å². The first-order chi connectivity index (χ1) is 14.6. The van der Waals surface area contributed by atoms with E-state index in [4.69, 9.17) is 18.6 Å². The predicted molar refractivity (Wildman–Crippen MR) is 130 cm³/mol. The molecule has 0 atom stereocenters. The number of terminal acetylenes is 1. The molecule has 3 aliphatic rings. The van der Waals surface area contributed by atoms with Gasteiger partial charge < -0.3 is 42.5 Å². The molecule has 30 heavy (non-hydrogen) atoms. The second-order valence-electron chi connectivity index (χ2n) is 8.84. The van der Waals surface area contributed by atoms with Crippen LogP contribution < -0.4 is 42.5 Å². The van der Waals surface area contributed by atoms with Crippen molar-refractivity contribution in [3.05, 3.63) is 0 Å². The van der Waals surface area contributed by atoms with Crippen molar-refractivity contribution in [3.63, 3.8) is 0 Å². The first-order valence-electron chi connectivity index (χ1n) is 11.3. The zero-order valence-corrected chi connectivity index (χ0v) is 19.4. The molecule has 3 rings (SSSR count). The number of nitrogens with one attached hydrogen (secondary N) is 8. The molecule has 3 fully saturated rings. The van der Waals surface area contributed by atoms with Crippen LogP contribution in [0, 0.1) is 17.8 Å². The summed E-state index contributed by atoms with van der Waals surface area (Å²) in [6, 6.07) is 0. The fourth-order valence-corrected chi connectivity index (χ4v) is 4.19. The molecule has 8 nitrogen and oxygen atoms in total. The lowest BCUT2D eigenvalue weighted by atomic mass is 9.90. The molecule has 0 saturated carbocycles. The van der Waals surface area contributed by atoms with Gasteiger partial charge in [0.2, 0.25) is 0 Å². The van der Waals surface area contributed by atoms with Gasteiger partial charge in [-0.25, -0.2) is 0 Å². The van der Waals surface area contributed by atoms with Crippen molar-refractivity contribution in [2.24, 2.45) is 5.41 Å². The van der Waals surface area contributed by atoms with Crippen LogP contribution in [0.5, 0.6) is 0 Å². The summed E-state index contributed by atoms with van der Waals surface area (Å²) in [5.74, 6) is 2.67. The Morgan fingerprint density at radius 2 is 1.27 bits per heavy atom. The maximum Gasteiger partial charge on any atom is 0.166 e. The van der Waals surface area contributed by atoms with Crippen LogP contribution in [0.1, 0.15) is 19.8 Å². The zero-order chi connectivity index (χ0) is 21.5. The number of hydrogen-bond donors (Lipinski definition) is 8. The maximum atomic E-state index is 5.61. The number of rotatable bonds is 4. The Morgan fingerprint density at radius 1 is 0.833 bits per heavy atom. The Morgan fingerprint density at radius 3 is 1.70 bits per heavy atom. The largest absolute Gasteiger partial charge is 0.363 e. The van der Waals surface area contributed by atoms with Gasteiger partial charge in [-0.05, 0) is 18.6 Å². The molecule has 0 spiro atoms. The highest BCUT2D eigenvalue weighted by atomic mass is 32.1. The molecule has 0 aliphatic carbocycles. The SMILES string of the molecule is C#CCCCNC(=S)NC12CNCCNCC(C)(CNCCNC1)CNCCNC2. The van der Waals surface area contributed by atoms with Crippen molar-refractivity contribution in [1.29, 1.82) is 0 Å². The normalized spacial score (nSPS) is 29.9. The van der Waals surface area contributed by atoms with Gasteiger partial charge >= 0.3 is 0 Å². The van der Waals surface area contributed by atoms with Crippen LogP contribution in [0.2, 0.25) is 0 Å². The van der Waals surface area contributed by atoms with E-state index in [0.29, 0.717) is 5.11 Å². The standard InChI is InChI=1S/C21H42N8S/c1-3-4-5-6-28-19(30)29-21-16-25-10-7-22-13-20(2,14-23-8-11-26-17-21)15-24-9-12-27-18-21/h1,22-27H,4-18H2,2H3,(H2,28,29,30). The average Bonchev–Trinajstić information content (AvgIpc) is 2.72. The van der Waals surface area contributed by atoms with Crippen LogP contribution in [-0.2, 0) is 0 Å². The van der Waals surface area contributed by atoms with Crippen molar-refractivity contribution in [2.45, 2.75) is 25.3 Å². The van der Waals surface area contributed by atoms with Gasteiger partial charge in [-0.15, -0.1) is 12.3 Å². The lowest BCUT2D eigenvalue weighted by molar-refractivity contribution is 0.260. The summed E-state index contributed by atoms with van der Waals surface area (Å²) in [5, 5.41) is 29.4. The molecular formula is C21H42N8S. The van der Waals surface area contributed by atoms with E-state index < -0.39 is 0 Å². The Kier molecular flexibility index (Phi) is 11.9. The highest BCUT2D eigenvalue weighted by Crippen LogP contribution is 2.12. The van der Waals surface area contributed by atoms with Crippen LogP contribution in [0.4, 0.5) is 0 Å². The molecule has 0 aromatic heterocycles. The molecule has 9 heteroatoms. The topological polar surface area (TPSA) is 96.2 Å². The minimum Gasteiger partial charge on any atom is -0.363 e. The van der Waals surface area contributed by atoms with Gasteiger partial charge in [0.1, 0.15) is 0 Å². The van der Waals surface area contributed by atoms with E-state index >= 15 is 0 Å². The third-order valence-corrected chi connectivity index (χ3v) is 5.89. The number of hydrogen-bond acceptors (Lipinski definition) is 7. The fraction of sp³-hybridized carbons (Fsp3) is 0.857. The molecule has 3 saturated heterocycles. The van der Waals surface area contributed by atoms with E-state index in [9.17, 15) is 0 Å². The van der Waals surface area contributed by atoms with Crippen LogP contribution in [0.3, 0.4) is 0 Å². The summed E-state index contributed by atoms with van der Waals surface area (Å²) in [6.45, 7) is 14.2. The quantitative estimate of drug-likeness (QED) is 0.147. The number of fused-ring (bicyclic) bond motifs is 15. The monoisotopic (exact) mass is 438 g/mol. The minimum atomic E-state index is -0.223. The number of thiocarbonyl (C=S) groups is 1.